The molecule has 0 amide bonds. The van der Waals surface area contributed by atoms with Gasteiger partial charge < -0.3 is 10.4 Å². The lowest BCUT2D eigenvalue weighted by Gasteiger charge is -2.15. The molecule has 0 aliphatic carbocycles. The van der Waals surface area contributed by atoms with Crippen molar-refractivity contribution in [2.45, 2.75) is 19.2 Å². The van der Waals surface area contributed by atoms with Crippen LogP contribution in [0.25, 0.3) is 5.78 Å². The molecule has 6 nitrogen and oxygen atoms in total. The average molecular weight is 337 g/mol. The summed E-state index contributed by atoms with van der Waals surface area (Å²) in [5.74, 6) is 0.937. The summed E-state index contributed by atoms with van der Waals surface area (Å²) >= 11 is 0. The Hall–Kier alpha value is -2.68. The maximum Gasteiger partial charge on any atom is 0.416 e. The first kappa shape index (κ1) is 16.2. The van der Waals surface area contributed by atoms with E-state index in [4.69, 9.17) is 0 Å². The van der Waals surface area contributed by atoms with Crippen LogP contribution >= 0.6 is 0 Å². The quantitative estimate of drug-likeness (QED) is 0.765. The van der Waals surface area contributed by atoms with E-state index in [2.05, 4.69) is 20.4 Å². The molecule has 9 heteroatoms. The summed E-state index contributed by atoms with van der Waals surface area (Å²) in [4.78, 5) is 8.16. The predicted molar refractivity (Wildman–Crippen MR) is 80.4 cm³/mol. The molecule has 3 aromatic rings. The van der Waals surface area contributed by atoms with Crippen molar-refractivity contribution in [1.82, 2.24) is 19.6 Å². The van der Waals surface area contributed by atoms with Gasteiger partial charge in [0, 0.05) is 18.3 Å². The molecule has 0 spiro atoms. The molecule has 1 atom stereocenters. The van der Waals surface area contributed by atoms with Gasteiger partial charge in [0.2, 0.25) is 0 Å². The SMILES string of the molecule is Cc1cc(NCC(O)c2cccc(C(F)(F)F)c2)n2ncnc2n1. The van der Waals surface area contributed by atoms with Gasteiger partial charge >= 0.3 is 6.18 Å². The van der Waals surface area contributed by atoms with E-state index in [9.17, 15) is 18.3 Å². The number of anilines is 1. The lowest BCUT2D eigenvalue weighted by molar-refractivity contribution is -0.137. The van der Waals surface area contributed by atoms with Gasteiger partial charge in [0.15, 0.2) is 0 Å². The average Bonchev–Trinajstić information content (AvgIpc) is 2.99. The van der Waals surface area contributed by atoms with Crippen molar-refractivity contribution in [2.24, 2.45) is 0 Å². The number of alkyl halides is 3. The van der Waals surface area contributed by atoms with Crippen LogP contribution in [0.3, 0.4) is 0 Å². The number of halogens is 3. The fourth-order valence-electron chi connectivity index (χ4n) is 2.30. The molecule has 1 aromatic carbocycles. The van der Waals surface area contributed by atoms with Gasteiger partial charge in [-0.25, -0.2) is 4.98 Å². The molecule has 0 aliphatic heterocycles. The van der Waals surface area contributed by atoms with Crippen LogP contribution in [-0.4, -0.2) is 31.2 Å². The molecule has 0 saturated heterocycles. The number of aromatic nitrogens is 4. The van der Waals surface area contributed by atoms with Gasteiger partial charge in [-0.05, 0) is 24.6 Å². The number of rotatable bonds is 4. The first-order chi connectivity index (χ1) is 11.3. The molecular weight excluding hydrogens is 323 g/mol. The highest BCUT2D eigenvalue weighted by Gasteiger charge is 2.30. The molecule has 24 heavy (non-hydrogen) atoms. The van der Waals surface area contributed by atoms with Crippen LogP contribution in [0.5, 0.6) is 0 Å². The third-order valence-electron chi connectivity index (χ3n) is 3.46. The molecular formula is C15H14F3N5O. The Labute approximate surface area is 135 Å². The Morgan fingerprint density at radius 1 is 1.29 bits per heavy atom. The van der Waals surface area contributed by atoms with E-state index in [-0.39, 0.29) is 12.1 Å². The topological polar surface area (TPSA) is 75.3 Å². The third-order valence-corrected chi connectivity index (χ3v) is 3.46. The summed E-state index contributed by atoms with van der Waals surface area (Å²) in [5, 5.41) is 17.1. The molecule has 126 valence electrons. The summed E-state index contributed by atoms with van der Waals surface area (Å²) in [6.45, 7) is 1.79. The van der Waals surface area contributed by atoms with Crippen LogP contribution in [0.15, 0.2) is 36.7 Å². The highest BCUT2D eigenvalue weighted by Crippen LogP contribution is 2.30. The standard InChI is InChI=1S/C15H14F3N5O/c1-9-5-13(23-14(22-9)20-8-21-23)19-7-12(24)10-3-2-4-11(6-10)15(16,17)18/h2-6,8,12,19,24H,7H2,1H3. The van der Waals surface area contributed by atoms with Gasteiger partial charge in [0.1, 0.15) is 12.1 Å². The second-order valence-electron chi connectivity index (χ2n) is 5.27. The molecule has 0 radical (unpaired) electrons. The molecule has 3 rings (SSSR count). The second-order valence-corrected chi connectivity index (χ2v) is 5.27. The van der Waals surface area contributed by atoms with Crippen LogP contribution < -0.4 is 5.32 Å². The Morgan fingerprint density at radius 2 is 2.08 bits per heavy atom. The molecule has 0 saturated carbocycles. The number of nitrogens with zero attached hydrogens (tertiary/aromatic N) is 4. The number of aryl methyl sites for hydroxylation is 1. The zero-order valence-corrected chi connectivity index (χ0v) is 12.6. The lowest BCUT2D eigenvalue weighted by Crippen LogP contribution is -2.16. The van der Waals surface area contributed by atoms with Crippen LogP contribution in [-0.2, 0) is 6.18 Å². The lowest BCUT2D eigenvalue weighted by atomic mass is 10.1. The highest BCUT2D eigenvalue weighted by molar-refractivity contribution is 5.45. The molecule has 2 heterocycles. The van der Waals surface area contributed by atoms with Crippen molar-refractivity contribution in [1.29, 1.82) is 0 Å². The molecule has 0 aliphatic rings. The second kappa shape index (κ2) is 6.08. The number of benzene rings is 1. The van der Waals surface area contributed by atoms with Crippen LogP contribution in [0.4, 0.5) is 19.0 Å². The van der Waals surface area contributed by atoms with Crippen molar-refractivity contribution in [3.05, 3.63) is 53.5 Å². The zero-order chi connectivity index (χ0) is 17.3. The Morgan fingerprint density at radius 3 is 2.83 bits per heavy atom. The number of hydrogen-bond donors (Lipinski definition) is 2. The number of fused-ring (bicyclic) bond motifs is 1. The van der Waals surface area contributed by atoms with Crippen LogP contribution in [0.2, 0.25) is 0 Å². The summed E-state index contributed by atoms with van der Waals surface area (Å²) < 4.78 is 39.7. The first-order valence-electron chi connectivity index (χ1n) is 7.11. The summed E-state index contributed by atoms with van der Waals surface area (Å²) in [6, 6.07) is 6.34. The molecule has 2 aromatic heterocycles. The van der Waals surface area contributed by atoms with E-state index in [1.807, 2.05) is 0 Å². The maximum atomic E-state index is 12.7. The number of nitrogens with one attached hydrogen (secondary N) is 1. The Bertz CT molecular complexity index is 862. The first-order valence-corrected chi connectivity index (χ1v) is 7.11. The fraction of sp³-hybridized carbons (Fsp3) is 0.267. The normalized spacial score (nSPS) is 13.2. The van der Waals surface area contributed by atoms with Crippen LogP contribution in [0.1, 0.15) is 22.9 Å². The van der Waals surface area contributed by atoms with Crippen molar-refractivity contribution >= 4 is 11.6 Å². The van der Waals surface area contributed by atoms with Gasteiger partial charge in [-0.3, -0.25) is 0 Å². The number of hydrogen-bond acceptors (Lipinski definition) is 5. The Kier molecular flexibility index (Phi) is 4.10. The van der Waals surface area contributed by atoms with E-state index in [0.717, 1.165) is 12.1 Å². The minimum Gasteiger partial charge on any atom is -0.387 e. The van der Waals surface area contributed by atoms with E-state index >= 15 is 0 Å². The largest absolute Gasteiger partial charge is 0.416 e. The number of aliphatic hydroxyl groups excluding tert-OH is 1. The third kappa shape index (κ3) is 3.30. The zero-order valence-electron chi connectivity index (χ0n) is 12.6. The Balaban J connectivity index is 1.78. The van der Waals surface area contributed by atoms with E-state index in [1.165, 1.54) is 23.0 Å². The fourth-order valence-corrected chi connectivity index (χ4v) is 2.30. The van der Waals surface area contributed by atoms with E-state index in [0.29, 0.717) is 17.3 Å². The van der Waals surface area contributed by atoms with Crippen molar-refractivity contribution < 1.29 is 18.3 Å². The number of aliphatic hydroxyl groups is 1. The molecule has 0 fully saturated rings. The van der Waals surface area contributed by atoms with Crippen molar-refractivity contribution in [3.63, 3.8) is 0 Å². The molecule has 0 bridgehead atoms. The van der Waals surface area contributed by atoms with Gasteiger partial charge in [0.25, 0.3) is 5.78 Å². The summed E-state index contributed by atoms with van der Waals surface area (Å²) in [7, 11) is 0. The van der Waals surface area contributed by atoms with Crippen molar-refractivity contribution in [3.8, 4) is 0 Å². The van der Waals surface area contributed by atoms with Gasteiger partial charge in [0.05, 0.1) is 11.7 Å². The van der Waals surface area contributed by atoms with Crippen LogP contribution in [0, 0.1) is 6.92 Å². The minimum atomic E-state index is -4.45. The smallest absolute Gasteiger partial charge is 0.387 e. The maximum absolute atomic E-state index is 12.7. The van der Waals surface area contributed by atoms with Gasteiger partial charge in [-0.2, -0.15) is 27.8 Å². The molecule has 2 N–H and O–H groups in total. The van der Waals surface area contributed by atoms with E-state index < -0.39 is 17.8 Å². The predicted octanol–water partition coefficient (Wildman–Crippen LogP) is 2.60. The van der Waals surface area contributed by atoms with Crippen molar-refractivity contribution in [2.75, 3.05) is 11.9 Å². The van der Waals surface area contributed by atoms with Gasteiger partial charge in [-0.1, -0.05) is 12.1 Å². The monoisotopic (exact) mass is 337 g/mol. The van der Waals surface area contributed by atoms with Gasteiger partial charge in [-0.15, -0.1) is 0 Å². The summed E-state index contributed by atoms with van der Waals surface area (Å²) in [6.07, 6.45) is -4.21. The minimum absolute atomic E-state index is 0.0136. The van der Waals surface area contributed by atoms with E-state index in [1.54, 1.807) is 13.0 Å². The summed E-state index contributed by atoms with van der Waals surface area (Å²) in [5.41, 5.74) is 0.0852. The molecule has 1 unspecified atom stereocenters. The highest BCUT2D eigenvalue weighted by atomic mass is 19.4.